The third-order valence-electron chi connectivity index (χ3n) is 5.04. The molecule has 1 N–H and O–H groups in total. The molecule has 1 rings (SSSR count). The molecule has 0 spiro atoms. The fourth-order valence-corrected chi connectivity index (χ4v) is 3.36. The van der Waals surface area contributed by atoms with Gasteiger partial charge in [-0.1, -0.05) is 84.5 Å². The van der Waals surface area contributed by atoms with E-state index in [1.807, 2.05) is 0 Å². The van der Waals surface area contributed by atoms with Crippen LogP contribution in [0.5, 0.6) is 5.75 Å². The molecule has 0 fully saturated rings. The molecular weight excluding hydrogens is 340 g/mol. The highest BCUT2D eigenvalue weighted by Crippen LogP contribution is 2.20. The molecule has 4 nitrogen and oxygen atoms in total. The second kappa shape index (κ2) is 14.5. The summed E-state index contributed by atoms with van der Waals surface area (Å²) in [5.74, 6) is -0.0541. The van der Waals surface area contributed by atoms with E-state index in [4.69, 9.17) is 4.42 Å². The molecule has 0 aliphatic carbocycles. The van der Waals surface area contributed by atoms with Gasteiger partial charge in [0.15, 0.2) is 5.78 Å². The second-order valence-electron chi connectivity index (χ2n) is 7.57. The number of ketones is 1. The molecule has 0 radical (unpaired) electrons. The predicted molar refractivity (Wildman–Crippen MR) is 111 cm³/mol. The van der Waals surface area contributed by atoms with Crippen molar-refractivity contribution in [1.29, 1.82) is 0 Å². The van der Waals surface area contributed by atoms with E-state index in [9.17, 15) is 14.7 Å². The number of rotatable bonds is 16. The van der Waals surface area contributed by atoms with Crippen molar-refractivity contribution >= 4 is 5.78 Å². The lowest BCUT2D eigenvalue weighted by atomic mass is 10.0. The normalized spacial score (nSPS) is 11.0. The minimum absolute atomic E-state index is 0.173. The quantitative estimate of drug-likeness (QED) is 0.261. The number of carbonyl (C=O) groups excluding carboxylic acids is 1. The van der Waals surface area contributed by atoms with E-state index in [1.54, 1.807) is 0 Å². The number of aryl methyl sites for hydroxylation is 1. The maximum Gasteiger partial charge on any atom is 0.350 e. The number of hydrogen-bond acceptors (Lipinski definition) is 4. The lowest BCUT2D eigenvalue weighted by Gasteiger charge is -2.06. The summed E-state index contributed by atoms with van der Waals surface area (Å²) in [7, 11) is 0. The minimum Gasteiger partial charge on any atom is -0.507 e. The third kappa shape index (κ3) is 9.78. The Kier molecular flexibility index (Phi) is 12.6. The molecule has 0 unspecified atom stereocenters. The second-order valence-corrected chi connectivity index (χ2v) is 7.57. The van der Waals surface area contributed by atoms with Gasteiger partial charge in [0.2, 0.25) is 0 Å². The van der Waals surface area contributed by atoms with Crippen molar-refractivity contribution in [3.8, 4) is 5.75 Å². The molecule has 0 bridgehead atoms. The summed E-state index contributed by atoms with van der Waals surface area (Å²) in [6.07, 6.45) is 15.6. The summed E-state index contributed by atoms with van der Waals surface area (Å²) >= 11 is 0. The van der Waals surface area contributed by atoms with Crippen molar-refractivity contribution in [3.05, 3.63) is 27.8 Å². The van der Waals surface area contributed by atoms with Crippen LogP contribution in [-0.4, -0.2) is 10.9 Å². The van der Waals surface area contributed by atoms with E-state index in [1.165, 1.54) is 57.4 Å². The number of carbonyl (C=O) groups is 1. The highest BCUT2D eigenvalue weighted by molar-refractivity contribution is 5.97. The minimum atomic E-state index is -0.691. The first-order valence-electron chi connectivity index (χ1n) is 11.0. The summed E-state index contributed by atoms with van der Waals surface area (Å²) in [5.41, 5.74) is -0.864. The van der Waals surface area contributed by atoms with Crippen LogP contribution < -0.4 is 5.63 Å². The Hall–Kier alpha value is -1.58. The summed E-state index contributed by atoms with van der Waals surface area (Å²) in [5, 5.41) is 10.1. The molecule has 0 saturated carbocycles. The number of hydrogen-bond donors (Lipinski definition) is 1. The molecule has 0 aliphatic rings. The smallest absolute Gasteiger partial charge is 0.350 e. The molecule has 154 valence electrons. The molecule has 1 aromatic rings. The molecular formula is C23H38O4. The topological polar surface area (TPSA) is 67.5 Å². The van der Waals surface area contributed by atoms with Crippen LogP contribution in [0.3, 0.4) is 0 Å². The zero-order chi connectivity index (χ0) is 19.9. The van der Waals surface area contributed by atoms with Gasteiger partial charge < -0.3 is 9.52 Å². The highest BCUT2D eigenvalue weighted by atomic mass is 16.4. The Morgan fingerprint density at radius 1 is 0.852 bits per heavy atom. The standard InChI is InChI=1S/C23H38O4/c1-3-5-7-9-11-13-15-17-20(24)22-21(25)18-19(27-23(22)26)16-14-12-10-8-6-4-2/h18,25H,3-17H2,1-2H3. The van der Waals surface area contributed by atoms with Crippen LogP contribution in [-0.2, 0) is 6.42 Å². The van der Waals surface area contributed by atoms with Crippen molar-refractivity contribution in [2.75, 3.05) is 0 Å². The van der Waals surface area contributed by atoms with Crippen LogP contribution in [0.4, 0.5) is 0 Å². The SMILES string of the molecule is CCCCCCCCCC(=O)c1c(O)cc(CCCCCCCC)oc1=O. The van der Waals surface area contributed by atoms with Gasteiger partial charge in [0.1, 0.15) is 17.1 Å². The molecule has 0 aromatic carbocycles. The molecule has 27 heavy (non-hydrogen) atoms. The zero-order valence-electron chi connectivity index (χ0n) is 17.4. The van der Waals surface area contributed by atoms with Crippen LogP contribution in [0.25, 0.3) is 0 Å². The van der Waals surface area contributed by atoms with Gasteiger partial charge in [-0.3, -0.25) is 4.79 Å². The molecule has 0 saturated heterocycles. The molecule has 4 heteroatoms. The number of unbranched alkanes of at least 4 members (excludes halogenated alkanes) is 11. The molecule has 0 amide bonds. The van der Waals surface area contributed by atoms with Crippen LogP contribution in [0.2, 0.25) is 0 Å². The lowest BCUT2D eigenvalue weighted by molar-refractivity contribution is 0.0971. The molecule has 1 aromatic heterocycles. The van der Waals surface area contributed by atoms with Crippen molar-refractivity contribution in [1.82, 2.24) is 0 Å². The van der Waals surface area contributed by atoms with Crippen LogP contribution in [0.15, 0.2) is 15.3 Å². The maximum atomic E-state index is 12.3. The number of Topliss-reactive ketones (excluding diaryl/α,β-unsaturated/α-hetero) is 1. The van der Waals surface area contributed by atoms with E-state index < -0.39 is 5.63 Å². The Morgan fingerprint density at radius 2 is 1.37 bits per heavy atom. The van der Waals surface area contributed by atoms with Gasteiger partial charge >= 0.3 is 5.63 Å². The number of aromatic hydroxyl groups is 1. The van der Waals surface area contributed by atoms with Crippen molar-refractivity contribution in [3.63, 3.8) is 0 Å². The summed E-state index contributed by atoms with van der Waals surface area (Å²) in [6.45, 7) is 4.38. The lowest BCUT2D eigenvalue weighted by Crippen LogP contribution is -2.15. The predicted octanol–water partition coefficient (Wildman–Crippen LogP) is 6.57. The van der Waals surface area contributed by atoms with E-state index in [2.05, 4.69) is 13.8 Å². The Labute approximate surface area is 164 Å². The van der Waals surface area contributed by atoms with Gasteiger partial charge in [0.05, 0.1) is 0 Å². The van der Waals surface area contributed by atoms with E-state index in [-0.39, 0.29) is 17.1 Å². The third-order valence-corrected chi connectivity index (χ3v) is 5.04. The van der Waals surface area contributed by atoms with Gasteiger partial charge in [0, 0.05) is 18.9 Å². The first-order chi connectivity index (χ1) is 13.1. The Morgan fingerprint density at radius 3 is 1.93 bits per heavy atom. The maximum absolute atomic E-state index is 12.3. The van der Waals surface area contributed by atoms with Gasteiger partial charge in [-0.05, 0) is 12.8 Å². The van der Waals surface area contributed by atoms with Gasteiger partial charge in [-0.2, -0.15) is 0 Å². The molecule has 1 heterocycles. The molecule has 0 aliphatic heterocycles. The van der Waals surface area contributed by atoms with Crippen LogP contribution in [0.1, 0.15) is 120 Å². The van der Waals surface area contributed by atoms with Crippen LogP contribution >= 0.6 is 0 Å². The fourth-order valence-electron chi connectivity index (χ4n) is 3.36. The zero-order valence-corrected chi connectivity index (χ0v) is 17.4. The molecule has 0 atom stereocenters. The van der Waals surface area contributed by atoms with Gasteiger partial charge in [0.25, 0.3) is 0 Å². The van der Waals surface area contributed by atoms with Gasteiger partial charge in [-0.25, -0.2) is 4.79 Å². The Bertz CT molecular complexity index is 589. The van der Waals surface area contributed by atoms with E-state index in [0.717, 1.165) is 32.1 Å². The van der Waals surface area contributed by atoms with Gasteiger partial charge in [-0.15, -0.1) is 0 Å². The largest absolute Gasteiger partial charge is 0.507 e. The average molecular weight is 379 g/mol. The Balaban J connectivity index is 2.40. The average Bonchev–Trinajstić information content (AvgIpc) is 2.63. The fraction of sp³-hybridized carbons (Fsp3) is 0.739. The van der Waals surface area contributed by atoms with E-state index >= 15 is 0 Å². The summed E-state index contributed by atoms with van der Waals surface area (Å²) in [6, 6.07) is 1.45. The van der Waals surface area contributed by atoms with Crippen molar-refractivity contribution < 1.29 is 14.3 Å². The van der Waals surface area contributed by atoms with Crippen molar-refractivity contribution in [2.45, 2.75) is 110 Å². The summed E-state index contributed by atoms with van der Waals surface area (Å²) in [4.78, 5) is 24.4. The first kappa shape index (κ1) is 23.5. The van der Waals surface area contributed by atoms with Crippen LogP contribution in [0, 0.1) is 0 Å². The highest BCUT2D eigenvalue weighted by Gasteiger charge is 2.18. The summed E-state index contributed by atoms with van der Waals surface area (Å²) < 4.78 is 5.27. The van der Waals surface area contributed by atoms with Crippen molar-refractivity contribution in [2.24, 2.45) is 0 Å². The monoisotopic (exact) mass is 378 g/mol. The first-order valence-corrected chi connectivity index (χ1v) is 11.0. The van der Waals surface area contributed by atoms with E-state index in [0.29, 0.717) is 18.6 Å².